The largest absolute Gasteiger partial charge is 0.508 e. The van der Waals surface area contributed by atoms with Crippen LogP contribution in [0.3, 0.4) is 0 Å². The van der Waals surface area contributed by atoms with E-state index in [-0.39, 0.29) is 5.75 Å². The number of benzene rings is 1. The first-order chi connectivity index (χ1) is 8.33. The number of hydrogen-bond acceptors (Lipinski definition) is 4. The molecule has 1 saturated heterocycles. The van der Waals surface area contributed by atoms with Crippen LogP contribution in [-0.2, 0) is 11.2 Å². The van der Waals surface area contributed by atoms with Crippen LogP contribution in [0.4, 0.5) is 0 Å². The highest BCUT2D eigenvalue weighted by Gasteiger charge is 2.26. The Morgan fingerprint density at radius 3 is 2.88 bits per heavy atom. The molecule has 0 spiro atoms. The van der Waals surface area contributed by atoms with Crippen molar-refractivity contribution in [1.29, 1.82) is 0 Å². The van der Waals surface area contributed by atoms with Gasteiger partial charge in [-0.05, 0) is 18.1 Å². The molecule has 1 atom stereocenters. The van der Waals surface area contributed by atoms with Crippen LogP contribution in [0.25, 0.3) is 0 Å². The maximum atomic E-state index is 9.40. The third-order valence-corrected chi connectivity index (χ3v) is 3.50. The van der Waals surface area contributed by atoms with Gasteiger partial charge in [0.25, 0.3) is 0 Å². The molecule has 17 heavy (non-hydrogen) atoms. The normalized spacial score (nSPS) is 25.1. The summed E-state index contributed by atoms with van der Waals surface area (Å²) in [4.78, 5) is 2.43. The van der Waals surface area contributed by atoms with Gasteiger partial charge in [0, 0.05) is 25.2 Å². The van der Waals surface area contributed by atoms with E-state index in [1.54, 1.807) is 12.1 Å². The molecule has 0 aromatic heterocycles. The van der Waals surface area contributed by atoms with Crippen molar-refractivity contribution >= 4 is 0 Å². The predicted molar refractivity (Wildman–Crippen MR) is 63.5 cm³/mol. The van der Waals surface area contributed by atoms with Crippen molar-refractivity contribution in [3.05, 3.63) is 23.8 Å². The Hall–Kier alpha value is -1.26. The topological polar surface area (TPSA) is 41.9 Å². The molecule has 3 rings (SSSR count). The fourth-order valence-electron chi connectivity index (χ4n) is 2.52. The lowest BCUT2D eigenvalue weighted by atomic mass is 10.0. The molecule has 0 aliphatic carbocycles. The van der Waals surface area contributed by atoms with E-state index in [2.05, 4.69) is 4.90 Å². The Morgan fingerprint density at radius 1 is 1.24 bits per heavy atom. The number of fused-ring (bicyclic) bond motifs is 1. The fraction of sp³-hybridized carbons (Fsp3) is 0.538. The quantitative estimate of drug-likeness (QED) is 0.789. The third kappa shape index (κ3) is 2.23. The minimum Gasteiger partial charge on any atom is -0.508 e. The Balaban J connectivity index is 1.73. The monoisotopic (exact) mass is 235 g/mol. The van der Waals surface area contributed by atoms with Gasteiger partial charge in [-0.1, -0.05) is 6.07 Å². The number of nitrogens with zero attached hydrogens (tertiary/aromatic N) is 1. The molecule has 1 fully saturated rings. The lowest BCUT2D eigenvalue weighted by Gasteiger charge is -2.37. The van der Waals surface area contributed by atoms with E-state index in [1.165, 1.54) is 5.56 Å². The first-order valence-electron chi connectivity index (χ1n) is 6.09. The SMILES string of the molecule is Oc1ccc2c(c1)OCC(N1CCOCC1)C2. The Kier molecular flexibility index (Phi) is 2.91. The molecule has 92 valence electrons. The summed E-state index contributed by atoms with van der Waals surface area (Å²) in [6, 6.07) is 5.82. The molecule has 1 aromatic carbocycles. The molecule has 4 nitrogen and oxygen atoms in total. The third-order valence-electron chi connectivity index (χ3n) is 3.50. The first-order valence-corrected chi connectivity index (χ1v) is 6.09. The van der Waals surface area contributed by atoms with Gasteiger partial charge in [-0.15, -0.1) is 0 Å². The van der Waals surface area contributed by atoms with Crippen molar-refractivity contribution in [3.63, 3.8) is 0 Å². The van der Waals surface area contributed by atoms with E-state index in [0.717, 1.165) is 38.5 Å². The maximum Gasteiger partial charge on any atom is 0.126 e. The highest BCUT2D eigenvalue weighted by atomic mass is 16.5. The zero-order valence-corrected chi connectivity index (χ0v) is 9.76. The second kappa shape index (κ2) is 4.55. The lowest BCUT2D eigenvalue weighted by molar-refractivity contribution is 0.00245. The molecular weight excluding hydrogens is 218 g/mol. The number of aromatic hydroxyl groups is 1. The summed E-state index contributed by atoms with van der Waals surface area (Å²) in [6.07, 6.45) is 0.996. The summed E-state index contributed by atoms with van der Waals surface area (Å²) in [5.74, 6) is 1.10. The second-order valence-electron chi connectivity index (χ2n) is 4.61. The average molecular weight is 235 g/mol. The highest BCUT2D eigenvalue weighted by Crippen LogP contribution is 2.30. The van der Waals surface area contributed by atoms with Gasteiger partial charge < -0.3 is 14.6 Å². The average Bonchev–Trinajstić information content (AvgIpc) is 2.39. The van der Waals surface area contributed by atoms with Crippen molar-refractivity contribution in [2.24, 2.45) is 0 Å². The molecule has 0 bridgehead atoms. The van der Waals surface area contributed by atoms with Gasteiger partial charge in [-0.25, -0.2) is 0 Å². The summed E-state index contributed by atoms with van der Waals surface area (Å²) >= 11 is 0. The molecule has 2 heterocycles. The molecule has 2 aliphatic heterocycles. The Bertz CT molecular complexity index is 402. The number of phenolic OH excluding ortho intramolecular Hbond substituents is 1. The molecule has 1 aromatic rings. The first kappa shape index (κ1) is 10.9. The van der Waals surface area contributed by atoms with Crippen LogP contribution in [0.15, 0.2) is 18.2 Å². The van der Waals surface area contributed by atoms with Crippen LogP contribution in [0.2, 0.25) is 0 Å². The fourth-order valence-corrected chi connectivity index (χ4v) is 2.52. The van der Waals surface area contributed by atoms with Crippen LogP contribution in [0.5, 0.6) is 11.5 Å². The Morgan fingerprint density at radius 2 is 2.06 bits per heavy atom. The summed E-state index contributed by atoms with van der Waals surface area (Å²) in [6.45, 7) is 4.32. The zero-order valence-electron chi connectivity index (χ0n) is 9.76. The van der Waals surface area contributed by atoms with E-state index < -0.39 is 0 Å². The lowest BCUT2D eigenvalue weighted by Crippen LogP contribution is -2.48. The second-order valence-corrected chi connectivity index (χ2v) is 4.61. The van der Waals surface area contributed by atoms with Crippen molar-refractivity contribution in [1.82, 2.24) is 4.90 Å². The number of phenols is 1. The highest BCUT2D eigenvalue weighted by molar-refractivity contribution is 5.41. The summed E-state index contributed by atoms with van der Waals surface area (Å²) < 4.78 is 11.1. The standard InChI is InChI=1S/C13H17NO3/c15-12-2-1-10-7-11(9-17-13(10)8-12)14-3-5-16-6-4-14/h1-2,8,11,15H,3-7,9H2. The van der Waals surface area contributed by atoms with Crippen LogP contribution in [0, 0.1) is 0 Å². The van der Waals surface area contributed by atoms with Crippen molar-refractivity contribution in [2.75, 3.05) is 32.9 Å². The molecule has 2 aliphatic rings. The Labute approximate surface area is 101 Å². The van der Waals surface area contributed by atoms with Crippen LogP contribution >= 0.6 is 0 Å². The smallest absolute Gasteiger partial charge is 0.126 e. The summed E-state index contributed by atoms with van der Waals surface area (Å²) in [5.41, 5.74) is 1.19. The van der Waals surface area contributed by atoms with Crippen LogP contribution < -0.4 is 4.74 Å². The molecular formula is C13H17NO3. The van der Waals surface area contributed by atoms with E-state index in [4.69, 9.17) is 9.47 Å². The van der Waals surface area contributed by atoms with Gasteiger partial charge in [-0.2, -0.15) is 0 Å². The number of hydrogen-bond donors (Lipinski definition) is 1. The van der Waals surface area contributed by atoms with Crippen molar-refractivity contribution < 1.29 is 14.6 Å². The van der Waals surface area contributed by atoms with Gasteiger partial charge in [0.05, 0.1) is 13.2 Å². The van der Waals surface area contributed by atoms with Gasteiger partial charge >= 0.3 is 0 Å². The summed E-state index contributed by atoms with van der Waals surface area (Å²) in [7, 11) is 0. The van der Waals surface area contributed by atoms with Crippen molar-refractivity contribution in [3.8, 4) is 11.5 Å². The van der Waals surface area contributed by atoms with Crippen molar-refractivity contribution in [2.45, 2.75) is 12.5 Å². The minimum atomic E-state index is 0.272. The van der Waals surface area contributed by atoms with E-state index >= 15 is 0 Å². The summed E-state index contributed by atoms with van der Waals surface area (Å²) in [5, 5.41) is 9.40. The van der Waals surface area contributed by atoms with Gasteiger partial charge in [-0.3, -0.25) is 4.90 Å². The molecule has 0 saturated carbocycles. The van der Waals surface area contributed by atoms with E-state index in [1.807, 2.05) is 6.07 Å². The molecule has 1 unspecified atom stereocenters. The number of rotatable bonds is 1. The van der Waals surface area contributed by atoms with Gasteiger partial charge in [0.1, 0.15) is 18.1 Å². The molecule has 0 amide bonds. The molecule has 0 radical (unpaired) electrons. The van der Waals surface area contributed by atoms with Gasteiger partial charge in [0.15, 0.2) is 0 Å². The molecule has 1 N–H and O–H groups in total. The number of ether oxygens (including phenoxy) is 2. The number of morpholine rings is 1. The van der Waals surface area contributed by atoms with Crippen LogP contribution in [0.1, 0.15) is 5.56 Å². The zero-order chi connectivity index (χ0) is 11.7. The van der Waals surface area contributed by atoms with Gasteiger partial charge in [0.2, 0.25) is 0 Å². The van der Waals surface area contributed by atoms with E-state index in [9.17, 15) is 5.11 Å². The minimum absolute atomic E-state index is 0.272. The van der Waals surface area contributed by atoms with Crippen LogP contribution in [-0.4, -0.2) is 49.0 Å². The maximum absolute atomic E-state index is 9.40. The van der Waals surface area contributed by atoms with E-state index in [0.29, 0.717) is 12.6 Å². The predicted octanol–water partition coefficient (Wildman–Crippen LogP) is 1.03. The molecule has 4 heteroatoms.